The smallest absolute Gasteiger partial charge is 0.168 e. The van der Waals surface area contributed by atoms with Crippen molar-refractivity contribution in [3.63, 3.8) is 0 Å². The zero-order valence-electron chi connectivity index (χ0n) is 13.9. The predicted octanol–water partition coefficient (Wildman–Crippen LogP) is 4.64. The summed E-state index contributed by atoms with van der Waals surface area (Å²) in [5, 5.41) is 4.15. The number of rotatable bonds is 8. The summed E-state index contributed by atoms with van der Waals surface area (Å²) in [7, 11) is 0. The Balaban J connectivity index is 1.57. The van der Waals surface area contributed by atoms with Crippen molar-refractivity contribution in [3.8, 4) is 11.3 Å². The van der Waals surface area contributed by atoms with E-state index in [1.54, 1.807) is 12.4 Å². The van der Waals surface area contributed by atoms with Crippen LogP contribution in [0.5, 0.6) is 0 Å². The Morgan fingerprint density at radius 2 is 1.92 bits per heavy atom. The number of hydrogen-bond acceptors (Lipinski definition) is 4. The second-order valence-electron chi connectivity index (χ2n) is 5.82. The van der Waals surface area contributed by atoms with Gasteiger partial charge in [-0.15, -0.1) is 0 Å². The first-order valence-corrected chi connectivity index (χ1v) is 8.36. The van der Waals surface area contributed by atoms with E-state index in [4.69, 9.17) is 9.26 Å². The van der Waals surface area contributed by atoms with E-state index in [2.05, 4.69) is 41.3 Å². The molecule has 0 spiro atoms. The number of hydrogen-bond donors (Lipinski definition) is 0. The number of unbranched alkanes of at least 4 members (excludes halogenated alkanes) is 1. The molecule has 0 N–H and O–H groups in total. The molecule has 2 heterocycles. The van der Waals surface area contributed by atoms with Gasteiger partial charge in [-0.05, 0) is 29.7 Å². The highest BCUT2D eigenvalue weighted by Gasteiger charge is 2.07. The number of benzene rings is 1. The average Bonchev–Trinajstić information content (AvgIpc) is 3.09. The highest BCUT2D eigenvalue weighted by molar-refractivity contribution is 5.55. The van der Waals surface area contributed by atoms with Crippen molar-refractivity contribution < 1.29 is 9.26 Å². The maximum absolute atomic E-state index is 5.64. The molecule has 0 aliphatic carbocycles. The molecule has 0 unspecified atom stereocenters. The van der Waals surface area contributed by atoms with E-state index in [0.717, 1.165) is 42.9 Å². The van der Waals surface area contributed by atoms with Crippen LogP contribution in [0.15, 0.2) is 59.4 Å². The molecule has 0 fully saturated rings. The normalized spacial score (nSPS) is 10.9. The summed E-state index contributed by atoms with van der Waals surface area (Å²) in [6, 6.07) is 14.3. The van der Waals surface area contributed by atoms with Crippen molar-refractivity contribution in [2.24, 2.45) is 0 Å². The SMILES string of the molecule is CCCCOCc1ccc(Cc2cc(-c3cccnc3)on2)cc1. The molecule has 4 heteroatoms. The van der Waals surface area contributed by atoms with Gasteiger partial charge in [0, 0.05) is 37.1 Å². The van der Waals surface area contributed by atoms with Gasteiger partial charge in [0.1, 0.15) is 0 Å². The summed E-state index contributed by atoms with van der Waals surface area (Å²) in [4.78, 5) is 4.10. The molecule has 0 atom stereocenters. The summed E-state index contributed by atoms with van der Waals surface area (Å²) in [6.45, 7) is 3.67. The quantitative estimate of drug-likeness (QED) is 0.567. The first-order chi connectivity index (χ1) is 11.8. The summed E-state index contributed by atoms with van der Waals surface area (Å²) in [5.41, 5.74) is 4.26. The number of pyridine rings is 1. The molecule has 0 saturated heterocycles. The molecule has 124 valence electrons. The maximum Gasteiger partial charge on any atom is 0.168 e. The molecular formula is C20H22N2O2. The highest BCUT2D eigenvalue weighted by atomic mass is 16.5. The topological polar surface area (TPSA) is 48.2 Å². The van der Waals surface area contributed by atoms with E-state index in [9.17, 15) is 0 Å². The van der Waals surface area contributed by atoms with Gasteiger partial charge < -0.3 is 9.26 Å². The van der Waals surface area contributed by atoms with Gasteiger partial charge in [-0.3, -0.25) is 4.98 Å². The largest absolute Gasteiger partial charge is 0.377 e. The van der Waals surface area contributed by atoms with Crippen molar-refractivity contribution in [1.29, 1.82) is 0 Å². The van der Waals surface area contributed by atoms with Gasteiger partial charge >= 0.3 is 0 Å². The lowest BCUT2D eigenvalue weighted by atomic mass is 10.1. The Labute approximate surface area is 142 Å². The van der Waals surface area contributed by atoms with Gasteiger partial charge in [0.05, 0.1) is 12.3 Å². The van der Waals surface area contributed by atoms with Crippen molar-refractivity contribution >= 4 is 0 Å². The van der Waals surface area contributed by atoms with Crippen LogP contribution in [0.3, 0.4) is 0 Å². The fourth-order valence-corrected chi connectivity index (χ4v) is 2.44. The average molecular weight is 322 g/mol. The molecule has 3 aromatic rings. The highest BCUT2D eigenvalue weighted by Crippen LogP contribution is 2.20. The van der Waals surface area contributed by atoms with Gasteiger partial charge in [-0.2, -0.15) is 0 Å². The minimum absolute atomic E-state index is 0.676. The van der Waals surface area contributed by atoms with Crippen molar-refractivity contribution in [1.82, 2.24) is 10.1 Å². The molecule has 0 amide bonds. The van der Waals surface area contributed by atoms with E-state index in [1.807, 2.05) is 18.2 Å². The zero-order chi connectivity index (χ0) is 16.6. The molecule has 0 saturated carbocycles. The van der Waals surface area contributed by atoms with E-state index >= 15 is 0 Å². The fraction of sp³-hybridized carbons (Fsp3) is 0.300. The Morgan fingerprint density at radius 1 is 1.08 bits per heavy atom. The van der Waals surface area contributed by atoms with Crippen LogP contribution in [0.25, 0.3) is 11.3 Å². The Bertz CT molecular complexity index is 736. The van der Waals surface area contributed by atoms with Gasteiger partial charge in [0.15, 0.2) is 5.76 Å². The molecule has 4 nitrogen and oxygen atoms in total. The number of ether oxygens (including phenoxy) is 1. The van der Waals surface area contributed by atoms with Crippen molar-refractivity contribution in [2.75, 3.05) is 6.61 Å². The lowest BCUT2D eigenvalue weighted by Crippen LogP contribution is -1.95. The third kappa shape index (κ3) is 4.52. The first-order valence-electron chi connectivity index (χ1n) is 8.36. The third-order valence-electron chi connectivity index (χ3n) is 3.82. The fourth-order valence-electron chi connectivity index (χ4n) is 2.44. The second kappa shape index (κ2) is 8.41. The van der Waals surface area contributed by atoms with Gasteiger partial charge in [0.25, 0.3) is 0 Å². The number of aromatic nitrogens is 2. The lowest BCUT2D eigenvalue weighted by Gasteiger charge is -2.04. The molecule has 24 heavy (non-hydrogen) atoms. The molecule has 0 bridgehead atoms. The van der Waals surface area contributed by atoms with E-state index in [1.165, 1.54) is 11.1 Å². The summed E-state index contributed by atoms with van der Waals surface area (Å²) in [6.07, 6.45) is 6.55. The van der Waals surface area contributed by atoms with Crippen LogP contribution < -0.4 is 0 Å². The van der Waals surface area contributed by atoms with Crippen molar-refractivity contribution in [3.05, 3.63) is 71.7 Å². The lowest BCUT2D eigenvalue weighted by molar-refractivity contribution is 0.118. The minimum Gasteiger partial charge on any atom is -0.377 e. The van der Waals surface area contributed by atoms with E-state index in [-0.39, 0.29) is 0 Å². The first kappa shape index (κ1) is 16.4. The van der Waals surface area contributed by atoms with E-state index < -0.39 is 0 Å². The molecule has 1 aromatic carbocycles. The Kier molecular flexibility index (Phi) is 5.75. The molecule has 2 aromatic heterocycles. The van der Waals surface area contributed by atoms with Crippen LogP contribution in [0.4, 0.5) is 0 Å². The van der Waals surface area contributed by atoms with Crippen LogP contribution in [0.2, 0.25) is 0 Å². The Hall–Kier alpha value is -2.46. The molecular weight excluding hydrogens is 300 g/mol. The van der Waals surface area contributed by atoms with Gasteiger partial charge in [-0.1, -0.05) is 42.8 Å². The molecule has 0 aliphatic rings. The van der Waals surface area contributed by atoms with Crippen LogP contribution >= 0.6 is 0 Å². The van der Waals surface area contributed by atoms with Gasteiger partial charge in [0.2, 0.25) is 0 Å². The summed E-state index contributed by atoms with van der Waals surface area (Å²) < 4.78 is 11.1. The second-order valence-corrected chi connectivity index (χ2v) is 5.82. The summed E-state index contributed by atoms with van der Waals surface area (Å²) >= 11 is 0. The van der Waals surface area contributed by atoms with Crippen molar-refractivity contribution in [2.45, 2.75) is 32.8 Å². The zero-order valence-corrected chi connectivity index (χ0v) is 13.9. The standard InChI is InChI=1S/C20H22N2O2/c1-2-3-11-23-15-17-8-6-16(7-9-17)12-19-13-20(24-22-19)18-5-4-10-21-14-18/h4-10,13-14H,2-3,11-12,15H2,1H3. The molecule has 3 rings (SSSR count). The third-order valence-corrected chi connectivity index (χ3v) is 3.82. The van der Waals surface area contributed by atoms with E-state index in [0.29, 0.717) is 6.61 Å². The van der Waals surface area contributed by atoms with Crippen LogP contribution in [0.1, 0.15) is 36.6 Å². The van der Waals surface area contributed by atoms with Crippen LogP contribution in [-0.4, -0.2) is 16.7 Å². The number of nitrogens with zero attached hydrogens (tertiary/aromatic N) is 2. The summed E-state index contributed by atoms with van der Waals surface area (Å²) in [5.74, 6) is 0.749. The molecule has 0 radical (unpaired) electrons. The minimum atomic E-state index is 0.676. The molecule has 0 aliphatic heterocycles. The van der Waals surface area contributed by atoms with Crippen LogP contribution in [0, 0.1) is 0 Å². The maximum atomic E-state index is 5.64. The van der Waals surface area contributed by atoms with Crippen LogP contribution in [-0.2, 0) is 17.8 Å². The predicted molar refractivity (Wildman–Crippen MR) is 93.5 cm³/mol. The van der Waals surface area contributed by atoms with Gasteiger partial charge in [-0.25, -0.2) is 0 Å². The monoisotopic (exact) mass is 322 g/mol. The Morgan fingerprint density at radius 3 is 2.67 bits per heavy atom.